The summed E-state index contributed by atoms with van der Waals surface area (Å²) < 4.78 is 13.4. The molecule has 1 aromatic heterocycles. The van der Waals surface area contributed by atoms with Crippen LogP contribution >= 0.6 is 11.6 Å². The second-order valence-electron chi connectivity index (χ2n) is 11.7. The summed E-state index contributed by atoms with van der Waals surface area (Å²) in [7, 11) is 0. The van der Waals surface area contributed by atoms with Gasteiger partial charge in [-0.3, -0.25) is 14.6 Å². The normalized spacial score (nSPS) is 16.2. The first-order valence-corrected chi connectivity index (χ1v) is 14.7. The van der Waals surface area contributed by atoms with Crippen LogP contribution in [0.25, 0.3) is 22.2 Å². The highest BCUT2D eigenvalue weighted by Gasteiger charge is 2.32. The lowest BCUT2D eigenvalue weighted by molar-refractivity contribution is 0.0546. The number of aliphatic hydroxyl groups is 1. The molecule has 0 saturated carbocycles. The van der Waals surface area contributed by atoms with Crippen molar-refractivity contribution in [1.29, 1.82) is 0 Å². The lowest BCUT2D eigenvalue weighted by Crippen LogP contribution is -2.46. The minimum absolute atomic E-state index is 0.179. The molecule has 41 heavy (non-hydrogen) atoms. The monoisotopic (exact) mass is 582 g/mol. The van der Waals surface area contributed by atoms with Crippen molar-refractivity contribution in [3.63, 3.8) is 0 Å². The molecule has 0 unspecified atom stereocenters. The molecular formula is C31H39ClN4O5. The number of hydrogen-bond donors (Lipinski definition) is 2. The number of carbonyl (C=O) groups is 2. The molecule has 0 bridgehead atoms. The van der Waals surface area contributed by atoms with Crippen LogP contribution in [0.4, 0.5) is 4.79 Å². The van der Waals surface area contributed by atoms with Crippen molar-refractivity contribution in [2.24, 2.45) is 0 Å². The minimum Gasteiger partial charge on any atom is -0.492 e. The number of benzene rings is 2. The van der Waals surface area contributed by atoms with E-state index in [1.54, 1.807) is 10.6 Å². The van der Waals surface area contributed by atoms with Crippen molar-refractivity contribution in [1.82, 2.24) is 19.7 Å². The van der Waals surface area contributed by atoms with Crippen molar-refractivity contribution in [3.05, 3.63) is 52.0 Å². The number of β-amino-alcohol motifs (C(OH)–C–C–N with tert-alkyl or cyclic N) is 1. The van der Waals surface area contributed by atoms with E-state index in [0.717, 1.165) is 50.1 Å². The van der Waals surface area contributed by atoms with Gasteiger partial charge in [0.15, 0.2) is 0 Å². The molecule has 2 aromatic carbocycles. The lowest BCUT2D eigenvalue weighted by atomic mass is 9.99. The molecule has 1 saturated heterocycles. The molecule has 1 fully saturated rings. The number of aromatic nitrogens is 1. The van der Waals surface area contributed by atoms with Gasteiger partial charge in [0.1, 0.15) is 11.4 Å². The maximum absolute atomic E-state index is 13.7. The van der Waals surface area contributed by atoms with Crippen LogP contribution < -0.4 is 10.1 Å². The van der Waals surface area contributed by atoms with E-state index >= 15 is 0 Å². The maximum Gasteiger partial charge on any atom is 0.419 e. The summed E-state index contributed by atoms with van der Waals surface area (Å²) in [5, 5.41) is 13.4. The molecule has 2 aliphatic heterocycles. The number of carbonyl (C=O) groups excluding carboxylic acids is 2. The van der Waals surface area contributed by atoms with E-state index in [-0.39, 0.29) is 12.5 Å². The molecule has 2 aliphatic rings. The number of amides is 1. The Morgan fingerprint density at radius 3 is 2.51 bits per heavy atom. The number of halogens is 1. The molecule has 220 valence electrons. The van der Waals surface area contributed by atoms with Gasteiger partial charge < -0.3 is 19.9 Å². The summed E-state index contributed by atoms with van der Waals surface area (Å²) in [5.74, 6) is 0.252. The van der Waals surface area contributed by atoms with Gasteiger partial charge in [-0.15, -0.1) is 0 Å². The van der Waals surface area contributed by atoms with Crippen molar-refractivity contribution in [3.8, 4) is 17.0 Å². The molecule has 0 aliphatic carbocycles. The van der Waals surface area contributed by atoms with E-state index in [4.69, 9.17) is 21.1 Å². The molecule has 3 heterocycles. The van der Waals surface area contributed by atoms with Gasteiger partial charge in [0.25, 0.3) is 5.91 Å². The van der Waals surface area contributed by atoms with Crippen LogP contribution in [-0.4, -0.2) is 83.0 Å². The molecular weight excluding hydrogens is 544 g/mol. The SMILES string of the molecule is CCCOc1cc(-c2cc3cc(CN4CCN(CCO)CC4)ccc3n2C(=O)OC(C)(C)C)c2c(c1Cl)CNC2=O. The Kier molecular flexibility index (Phi) is 8.61. The predicted molar refractivity (Wildman–Crippen MR) is 160 cm³/mol. The summed E-state index contributed by atoms with van der Waals surface area (Å²) >= 11 is 6.69. The van der Waals surface area contributed by atoms with Crippen LogP contribution in [0.5, 0.6) is 5.75 Å². The Labute approximate surface area is 245 Å². The Morgan fingerprint density at radius 2 is 1.83 bits per heavy atom. The van der Waals surface area contributed by atoms with Crippen LogP contribution in [-0.2, 0) is 17.8 Å². The van der Waals surface area contributed by atoms with Gasteiger partial charge in [0.2, 0.25) is 0 Å². The third-order valence-corrected chi connectivity index (χ3v) is 7.86. The zero-order chi connectivity index (χ0) is 29.3. The van der Waals surface area contributed by atoms with E-state index in [2.05, 4.69) is 21.2 Å². The first kappa shape index (κ1) is 29.4. The molecule has 0 atom stereocenters. The summed E-state index contributed by atoms with van der Waals surface area (Å²) in [4.78, 5) is 31.4. The lowest BCUT2D eigenvalue weighted by Gasteiger charge is -2.34. The average molecular weight is 583 g/mol. The molecule has 9 nitrogen and oxygen atoms in total. The van der Waals surface area contributed by atoms with Crippen LogP contribution in [0.2, 0.25) is 5.02 Å². The molecule has 0 radical (unpaired) electrons. The molecule has 10 heteroatoms. The molecule has 1 amide bonds. The quantitative estimate of drug-likeness (QED) is 0.390. The highest BCUT2D eigenvalue weighted by Crippen LogP contribution is 2.42. The van der Waals surface area contributed by atoms with Crippen molar-refractivity contribution in [2.45, 2.75) is 52.8 Å². The number of ether oxygens (including phenoxy) is 2. The smallest absolute Gasteiger partial charge is 0.419 e. The van der Waals surface area contributed by atoms with Crippen LogP contribution in [0.3, 0.4) is 0 Å². The second-order valence-corrected chi connectivity index (χ2v) is 12.1. The first-order valence-electron chi connectivity index (χ1n) is 14.3. The number of nitrogens with one attached hydrogen (secondary N) is 1. The van der Waals surface area contributed by atoms with E-state index in [1.807, 2.05) is 45.9 Å². The second kappa shape index (κ2) is 12.0. The zero-order valence-corrected chi connectivity index (χ0v) is 25.0. The summed E-state index contributed by atoms with van der Waals surface area (Å²) in [6.45, 7) is 13.7. The van der Waals surface area contributed by atoms with E-state index in [0.29, 0.717) is 58.4 Å². The summed E-state index contributed by atoms with van der Waals surface area (Å²) in [6.07, 6.45) is 0.283. The number of piperazine rings is 1. The molecule has 5 rings (SSSR count). The number of fused-ring (bicyclic) bond motifs is 2. The van der Waals surface area contributed by atoms with Gasteiger partial charge in [-0.2, -0.15) is 0 Å². The summed E-state index contributed by atoms with van der Waals surface area (Å²) in [5.41, 5.74) is 3.37. The Morgan fingerprint density at radius 1 is 1.10 bits per heavy atom. The van der Waals surface area contributed by atoms with Gasteiger partial charge in [-0.05, 0) is 57.0 Å². The number of aliphatic hydroxyl groups excluding tert-OH is 1. The van der Waals surface area contributed by atoms with Gasteiger partial charge in [0.05, 0.1) is 35.0 Å². The Bertz CT molecular complexity index is 1450. The fraction of sp³-hybridized carbons (Fsp3) is 0.484. The highest BCUT2D eigenvalue weighted by atomic mass is 35.5. The fourth-order valence-electron chi connectivity index (χ4n) is 5.53. The van der Waals surface area contributed by atoms with Crippen LogP contribution in [0, 0.1) is 0 Å². The van der Waals surface area contributed by atoms with Crippen molar-refractivity contribution in [2.75, 3.05) is 45.9 Å². The molecule has 0 spiro atoms. The highest BCUT2D eigenvalue weighted by molar-refractivity contribution is 6.34. The third-order valence-electron chi connectivity index (χ3n) is 7.45. The number of rotatable bonds is 8. The predicted octanol–water partition coefficient (Wildman–Crippen LogP) is 4.89. The Hall–Kier alpha value is -3.11. The van der Waals surface area contributed by atoms with E-state index in [1.165, 1.54) is 0 Å². The van der Waals surface area contributed by atoms with Gasteiger partial charge in [-0.1, -0.05) is 24.6 Å². The largest absolute Gasteiger partial charge is 0.492 e. The topological polar surface area (TPSA) is 96.3 Å². The minimum atomic E-state index is -0.711. The average Bonchev–Trinajstić information content (AvgIpc) is 3.50. The molecule has 2 N–H and O–H groups in total. The van der Waals surface area contributed by atoms with Crippen LogP contribution in [0.1, 0.15) is 55.6 Å². The van der Waals surface area contributed by atoms with Gasteiger partial charge >= 0.3 is 6.09 Å². The molecule has 3 aromatic rings. The number of nitrogens with zero attached hydrogens (tertiary/aromatic N) is 3. The third kappa shape index (κ3) is 6.23. The van der Waals surface area contributed by atoms with Gasteiger partial charge in [0, 0.05) is 62.3 Å². The Balaban J connectivity index is 1.59. The summed E-state index contributed by atoms with van der Waals surface area (Å²) in [6, 6.07) is 9.81. The first-order chi connectivity index (χ1) is 19.6. The fourth-order valence-corrected chi connectivity index (χ4v) is 5.80. The van der Waals surface area contributed by atoms with Crippen molar-refractivity contribution >= 4 is 34.5 Å². The van der Waals surface area contributed by atoms with Gasteiger partial charge in [-0.25, -0.2) is 9.36 Å². The number of hydrogen-bond acceptors (Lipinski definition) is 7. The van der Waals surface area contributed by atoms with E-state index < -0.39 is 11.7 Å². The van der Waals surface area contributed by atoms with E-state index in [9.17, 15) is 14.7 Å². The standard InChI is InChI=1S/C31H39ClN4O5/c1-5-14-40-26-17-22(27-23(28(26)32)18-33-29(27)38)25-16-21-15-20(19-35-10-8-34(9-11-35)12-13-37)6-7-24(21)36(25)30(39)41-31(2,3)4/h6-7,15-17,37H,5,8-14,18-19H2,1-4H3,(H,33,38). The zero-order valence-electron chi connectivity index (χ0n) is 24.3. The maximum atomic E-state index is 13.7. The van der Waals surface area contributed by atoms with Crippen LogP contribution in [0.15, 0.2) is 30.3 Å². The van der Waals surface area contributed by atoms with Crippen molar-refractivity contribution < 1.29 is 24.2 Å².